The Morgan fingerprint density at radius 1 is 1.26 bits per heavy atom. The highest BCUT2D eigenvalue weighted by atomic mass is 127. The lowest BCUT2D eigenvalue weighted by molar-refractivity contribution is 0.476. The van der Waals surface area contributed by atoms with Gasteiger partial charge in [0.2, 0.25) is 0 Å². The van der Waals surface area contributed by atoms with Crippen LogP contribution < -0.4 is 5.32 Å². The van der Waals surface area contributed by atoms with E-state index in [2.05, 4.69) is 60.5 Å². The van der Waals surface area contributed by atoms with Crippen LogP contribution in [0.15, 0.2) is 41.5 Å². The number of rotatable bonds is 5. The second-order valence-corrected chi connectivity index (χ2v) is 5.46. The first kappa shape index (κ1) is 19.5. The zero-order valence-electron chi connectivity index (χ0n) is 14.3. The van der Waals surface area contributed by atoms with Gasteiger partial charge in [0.05, 0.1) is 12.2 Å². The van der Waals surface area contributed by atoms with Gasteiger partial charge in [0.25, 0.3) is 0 Å². The average molecular weight is 427 g/mol. The summed E-state index contributed by atoms with van der Waals surface area (Å²) < 4.78 is 1.85. The van der Waals surface area contributed by atoms with Gasteiger partial charge in [-0.1, -0.05) is 29.8 Å². The molecule has 23 heavy (non-hydrogen) atoms. The van der Waals surface area contributed by atoms with Crippen LogP contribution in [0.5, 0.6) is 0 Å². The summed E-state index contributed by atoms with van der Waals surface area (Å²) in [5, 5.41) is 7.52. The molecule has 0 aliphatic carbocycles. The van der Waals surface area contributed by atoms with Crippen molar-refractivity contribution >= 4 is 29.9 Å². The van der Waals surface area contributed by atoms with Gasteiger partial charge in [-0.25, -0.2) is 4.99 Å². The van der Waals surface area contributed by atoms with Crippen molar-refractivity contribution in [1.29, 1.82) is 0 Å². The molecule has 6 heteroatoms. The number of aromatic nitrogens is 2. The first-order valence-corrected chi connectivity index (χ1v) is 7.62. The SMILES string of the molecule is CCNC(=NCc1ccnn1C)N(C)Cc1ccc(C)cc1.I. The minimum Gasteiger partial charge on any atom is -0.357 e. The lowest BCUT2D eigenvalue weighted by atomic mass is 10.1. The molecular formula is C17H26IN5. The van der Waals surface area contributed by atoms with Crippen LogP contribution in [-0.4, -0.2) is 34.2 Å². The van der Waals surface area contributed by atoms with E-state index < -0.39 is 0 Å². The zero-order valence-corrected chi connectivity index (χ0v) is 16.6. The van der Waals surface area contributed by atoms with Gasteiger partial charge in [-0.15, -0.1) is 24.0 Å². The molecule has 126 valence electrons. The molecule has 0 amide bonds. The van der Waals surface area contributed by atoms with Crippen LogP contribution in [0.2, 0.25) is 0 Å². The molecule has 1 heterocycles. The average Bonchev–Trinajstić information content (AvgIpc) is 2.91. The van der Waals surface area contributed by atoms with Crippen molar-refractivity contribution in [2.24, 2.45) is 12.0 Å². The molecule has 0 saturated carbocycles. The molecule has 1 aromatic carbocycles. The summed E-state index contributed by atoms with van der Waals surface area (Å²) in [5.74, 6) is 0.907. The number of guanidine groups is 1. The van der Waals surface area contributed by atoms with Gasteiger partial charge in [-0.05, 0) is 25.5 Å². The number of halogens is 1. The first-order valence-electron chi connectivity index (χ1n) is 7.62. The van der Waals surface area contributed by atoms with Crippen LogP contribution in [0, 0.1) is 6.92 Å². The van der Waals surface area contributed by atoms with Crippen LogP contribution in [0.25, 0.3) is 0 Å². The van der Waals surface area contributed by atoms with Crippen LogP contribution in [0.4, 0.5) is 0 Å². The van der Waals surface area contributed by atoms with Crippen molar-refractivity contribution in [1.82, 2.24) is 20.0 Å². The fraction of sp³-hybridized carbons (Fsp3) is 0.412. The second kappa shape index (κ2) is 9.54. The highest BCUT2D eigenvalue weighted by Crippen LogP contribution is 2.07. The Morgan fingerprint density at radius 2 is 1.96 bits per heavy atom. The Morgan fingerprint density at radius 3 is 2.52 bits per heavy atom. The Labute approximate surface area is 155 Å². The molecule has 0 spiro atoms. The predicted octanol–water partition coefficient (Wildman–Crippen LogP) is 2.94. The lowest BCUT2D eigenvalue weighted by Crippen LogP contribution is -2.38. The number of hydrogen-bond acceptors (Lipinski definition) is 2. The summed E-state index contributed by atoms with van der Waals surface area (Å²) in [7, 11) is 4.00. The van der Waals surface area contributed by atoms with Crippen LogP contribution in [0.1, 0.15) is 23.7 Å². The van der Waals surface area contributed by atoms with Gasteiger partial charge in [0.15, 0.2) is 5.96 Å². The van der Waals surface area contributed by atoms with E-state index in [9.17, 15) is 0 Å². The molecule has 0 fully saturated rings. The standard InChI is InChI=1S/C17H25N5.HI/c1-5-18-17(19-12-16-10-11-20-22(16)4)21(3)13-15-8-6-14(2)7-9-15;/h6-11H,5,12-13H2,1-4H3,(H,18,19);1H. The van der Waals surface area contributed by atoms with E-state index in [0.29, 0.717) is 6.54 Å². The van der Waals surface area contributed by atoms with E-state index in [4.69, 9.17) is 4.99 Å². The highest BCUT2D eigenvalue weighted by Gasteiger charge is 2.07. The third-order valence-electron chi connectivity index (χ3n) is 3.55. The summed E-state index contributed by atoms with van der Waals surface area (Å²) in [5.41, 5.74) is 3.65. The fourth-order valence-corrected chi connectivity index (χ4v) is 2.22. The summed E-state index contributed by atoms with van der Waals surface area (Å²) in [6.07, 6.45) is 1.80. The van der Waals surface area contributed by atoms with Crippen molar-refractivity contribution in [3.8, 4) is 0 Å². The minimum absolute atomic E-state index is 0. The maximum absolute atomic E-state index is 4.70. The number of nitrogens with zero attached hydrogens (tertiary/aromatic N) is 4. The first-order chi connectivity index (χ1) is 10.6. The van der Waals surface area contributed by atoms with Crippen LogP contribution >= 0.6 is 24.0 Å². The number of hydrogen-bond donors (Lipinski definition) is 1. The smallest absolute Gasteiger partial charge is 0.194 e. The van der Waals surface area contributed by atoms with Gasteiger partial charge in [-0.3, -0.25) is 4.68 Å². The van der Waals surface area contributed by atoms with Crippen molar-refractivity contribution in [2.75, 3.05) is 13.6 Å². The van der Waals surface area contributed by atoms with Crippen molar-refractivity contribution < 1.29 is 0 Å². The Hall–Kier alpha value is -1.57. The van der Waals surface area contributed by atoms with Crippen LogP contribution in [0.3, 0.4) is 0 Å². The lowest BCUT2D eigenvalue weighted by Gasteiger charge is -2.22. The molecule has 0 radical (unpaired) electrons. The van der Waals surface area contributed by atoms with E-state index in [-0.39, 0.29) is 24.0 Å². The van der Waals surface area contributed by atoms with Gasteiger partial charge in [-0.2, -0.15) is 5.10 Å². The van der Waals surface area contributed by atoms with Gasteiger partial charge in [0, 0.05) is 33.4 Å². The Kier molecular flexibility index (Phi) is 8.08. The van der Waals surface area contributed by atoms with Crippen molar-refractivity contribution in [3.05, 3.63) is 53.3 Å². The van der Waals surface area contributed by atoms with Crippen molar-refractivity contribution in [2.45, 2.75) is 26.9 Å². The molecule has 1 aromatic heterocycles. The number of aryl methyl sites for hydroxylation is 2. The van der Waals surface area contributed by atoms with Gasteiger partial charge in [0.1, 0.15) is 0 Å². The zero-order chi connectivity index (χ0) is 15.9. The molecule has 0 unspecified atom stereocenters. The Bertz CT molecular complexity index is 618. The quantitative estimate of drug-likeness (QED) is 0.454. The van der Waals surface area contributed by atoms with Crippen LogP contribution in [-0.2, 0) is 20.1 Å². The molecular weight excluding hydrogens is 401 g/mol. The van der Waals surface area contributed by atoms with E-state index in [1.807, 2.05) is 17.8 Å². The summed E-state index contributed by atoms with van der Waals surface area (Å²) in [6, 6.07) is 10.6. The van der Waals surface area contributed by atoms with Gasteiger partial charge < -0.3 is 10.2 Å². The normalized spacial score (nSPS) is 11.0. The van der Waals surface area contributed by atoms with E-state index in [1.54, 1.807) is 6.20 Å². The molecule has 0 bridgehead atoms. The van der Waals surface area contributed by atoms with E-state index >= 15 is 0 Å². The maximum atomic E-state index is 4.70. The third-order valence-corrected chi connectivity index (χ3v) is 3.55. The summed E-state index contributed by atoms with van der Waals surface area (Å²) in [4.78, 5) is 6.84. The predicted molar refractivity (Wildman–Crippen MR) is 106 cm³/mol. The molecule has 0 aliphatic heterocycles. The molecule has 1 N–H and O–H groups in total. The largest absolute Gasteiger partial charge is 0.357 e. The topological polar surface area (TPSA) is 45.5 Å². The monoisotopic (exact) mass is 427 g/mol. The molecule has 0 atom stereocenters. The number of aliphatic imine (C=N–C) groups is 1. The fourth-order valence-electron chi connectivity index (χ4n) is 2.22. The van der Waals surface area contributed by atoms with E-state index in [1.165, 1.54) is 11.1 Å². The summed E-state index contributed by atoms with van der Waals surface area (Å²) in [6.45, 7) is 6.49. The van der Waals surface area contributed by atoms with E-state index in [0.717, 1.165) is 24.7 Å². The molecule has 2 rings (SSSR count). The molecule has 2 aromatic rings. The third kappa shape index (κ3) is 5.85. The molecule has 0 aliphatic rings. The number of benzene rings is 1. The minimum atomic E-state index is 0. The molecule has 0 saturated heterocycles. The Balaban J connectivity index is 0.00000264. The van der Waals surface area contributed by atoms with Gasteiger partial charge >= 0.3 is 0 Å². The number of nitrogens with one attached hydrogen (secondary N) is 1. The molecule has 5 nitrogen and oxygen atoms in total. The summed E-state index contributed by atoms with van der Waals surface area (Å²) >= 11 is 0. The van der Waals surface area contributed by atoms with Crippen molar-refractivity contribution in [3.63, 3.8) is 0 Å². The maximum Gasteiger partial charge on any atom is 0.194 e. The highest BCUT2D eigenvalue weighted by molar-refractivity contribution is 14.0. The second-order valence-electron chi connectivity index (χ2n) is 5.46.